The summed E-state index contributed by atoms with van der Waals surface area (Å²) in [6.07, 6.45) is 0.487. The molecule has 0 spiro atoms. The number of benzene rings is 1. The number of amides is 3. The highest BCUT2D eigenvalue weighted by Crippen LogP contribution is 2.47. The second-order valence-electron chi connectivity index (χ2n) is 6.31. The normalized spacial score (nSPS) is 25.4. The minimum atomic E-state index is -0.684. The first-order chi connectivity index (χ1) is 10.4. The molecule has 0 radical (unpaired) electrons. The van der Waals surface area contributed by atoms with Gasteiger partial charge in [-0.15, -0.1) is 11.8 Å². The number of β-lactam (4-membered cyclic amide) rings is 1. The average molecular weight is 318 g/mol. The lowest BCUT2D eigenvalue weighted by Gasteiger charge is -2.44. The fourth-order valence-corrected chi connectivity index (χ4v) is 4.57. The molecule has 2 saturated heterocycles. The number of carbonyl (C=O) groups is 3. The monoisotopic (exact) mass is 318 g/mol. The van der Waals surface area contributed by atoms with Crippen molar-refractivity contribution in [2.75, 3.05) is 6.54 Å². The molecule has 1 aromatic carbocycles. The van der Waals surface area contributed by atoms with Crippen LogP contribution in [0.1, 0.15) is 29.8 Å². The van der Waals surface area contributed by atoms with E-state index in [1.54, 1.807) is 28.8 Å². The first-order valence-electron chi connectivity index (χ1n) is 7.17. The Morgan fingerprint density at radius 2 is 2.09 bits per heavy atom. The van der Waals surface area contributed by atoms with Gasteiger partial charge in [0.25, 0.3) is 5.91 Å². The summed E-state index contributed by atoms with van der Waals surface area (Å²) in [5.74, 6) is -0.548. The van der Waals surface area contributed by atoms with Gasteiger partial charge in [0.15, 0.2) is 0 Å². The fraction of sp³-hybridized carbons (Fsp3) is 0.438. The van der Waals surface area contributed by atoms with Crippen LogP contribution in [0.2, 0.25) is 0 Å². The molecule has 0 N–H and O–H groups in total. The third-order valence-corrected chi connectivity index (χ3v) is 5.65. The van der Waals surface area contributed by atoms with E-state index in [-0.39, 0.29) is 16.0 Å². The maximum absolute atomic E-state index is 12.6. The number of rotatable bonds is 3. The predicted molar refractivity (Wildman–Crippen MR) is 84.4 cm³/mol. The van der Waals surface area contributed by atoms with Gasteiger partial charge in [0.2, 0.25) is 12.3 Å². The van der Waals surface area contributed by atoms with E-state index in [9.17, 15) is 14.4 Å². The van der Waals surface area contributed by atoms with Gasteiger partial charge in [-0.2, -0.15) is 0 Å². The van der Waals surface area contributed by atoms with Gasteiger partial charge < -0.3 is 4.90 Å². The molecule has 6 heteroatoms. The van der Waals surface area contributed by atoms with Crippen molar-refractivity contribution in [1.82, 2.24) is 9.80 Å². The number of thioether (sulfide) groups is 1. The first kappa shape index (κ1) is 15.1. The zero-order chi connectivity index (χ0) is 16.1. The molecule has 0 saturated carbocycles. The second-order valence-corrected chi connectivity index (χ2v) is 8.14. The lowest BCUT2D eigenvalue weighted by Crippen LogP contribution is -2.68. The standard InChI is InChI=1S/C16H18N2O3S/c1-10-6-4-5-7-11(10)13(20)18(9-19)12-14(21)17-8-16(2,3)22-15(12)17/h4-7,9,12,15H,8H2,1-3H3/t12-,15-/m1/s1. The molecule has 0 bridgehead atoms. The molecule has 1 aromatic rings. The maximum atomic E-state index is 12.6. The third-order valence-electron chi connectivity index (χ3n) is 4.13. The largest absolute Gasteiger partial charge is 0.325 e. The Morgan fingerprint density at radius 3 is 2.73 bits per heavy atom. The van der Waals surface area contributed by atoms with Crippen LogP contribution in [0.25, 0.3) is 0 Å². The number of nitrogens with zero attached hydrogens (tertiary/aromatic N) is 2. The molecule has 22 heavy (non-hydrogen) atoms. The van der Waals surface area contributed by atoms with E-state index < -0.39 is 11.9 Å². The Morgan fingerprint density at radius 1 is 1.41 bits per heavy atom. The van der Waals surface area contributed by atoms with E-state index in [0.29, 0.717) is 18.5 Å². The second kappa shape index (κ2) is 5.12. The van der Waals surface area contributed by atoms with Crippen molar-refractivity contribution in [3.8, 4) is 0 Å². The van der Waals surface area contributed by atoms with E-state index in [2.05, 4.69) is 13.8 Å². The van der Waals surface area contributed by atoms with Crippen LogP contribution < -0.4 is 0 Å². The minimum Gasteiger partial charge on any atom is -0.325 e. The molecule has 2 atom stereocenters. The molecular weight excluding hydrogens is 300 g/mol. The van der Waals surface area contributed by atoms with Crippen LogP contribution in [-0.2, 0) is 9.59 Å². The van der Waals surface area contributed by atoms with E-state index >= 15 is 0 Å². The zero-order valence-corrected chi connectivity index (χ0v) is 13.6. The van der Waals surface area contributed by atoms with Crippen LogP contribution in [0.3, 0.4) is 0 Å². The molecule has 5 nitrogen and oxygen atoms in total. The van der Waals surface area contributed by atoms with Gasteiger partial charge in [-0.25, -0.2) is 0 Å². The average Bonchev–Trinajstić information content (AvgIpc) is 2.76. The molecule has 2 fully saturated rings. The Kier molecular flexibility index (Phi) is 3.51. The maximum Gasteiger partial charge on any atom is 0.261 e. The van der Waals surface area contributed by atoms with Crippen LogP contribution in [0.15, 0.2) is 24.3 Å². The van der Waals surface area contributed by atoms with E-state index in [0.717, 1.165) is 10.5 Å². The molecular formula is C16H18N2O3S. The summed E-state index contributed by atoms with van der Waals surface area (Å²) in [7, 11) is 0. The van der Waals surface area contributed by atoms with Gasteiger partial charge in [0, 0.05) is 16.9 Å². The van der Waals surface area contributed by atoms with Gasteiger partial charge in [-0.1, -0.05) is 18.2 Å². The minimum absolute atomic E-state index is 0.0463. The van der Waals surface area contributed by atoms with E-state index in [1.807, 2.05) is 19.1 Å². The quantitative estimate of drug-likeness (QED) is 0.628. The highest BCUT2D eigenvalue weighted by molar-refractivity contribution is 8.01. The molecule has 3 rings (SSSR count). The smallest absolute Gasteiger partial charge is 0.261 e. The predicted octanol–water partition coefficient (Wildman–Crippen LogP) is 1.66. The summed E-state index contributed by atoms with van der Waals surface area (Å²) in [6, 6.07) is 6.41. The Balaban J connectivity index is 1.87. The van der Waals surface area contributed by atoms with Crippen LogP contribution in [0.4, 0.5) is 0 Å². The van der Waals surface area contributed by atoms with Gasteiger partial charge in [-0.05, 0) is 32.4 Å². The first-order valence-corrected chi connectivity index (χ1v) is 8.05. The molecule has 2 aliphatic rings. The van der Waals surface area contributed by atoms with Crippen molar-refractivity contribution in [2.45, 2.75) is 36.9 Å². The lowest BCUT2D eigenvalue weighted by atomic mass is 10.0. The highest BCUT2D eigenvalue weighted by Gasteiger charge is 2.59. The number of hydrogen-bond acceptors (Lipinski definition) is 4. The van der Waals surface area contributed by atoms with Crippen molar-refractivity contribution < 1.29 is 14.4 Å². The number of imide groups is 1. The van der Waals surface area contributed by atoms with Crippen molar-refractivity contribution in [3.63, 3.8) is 0 Å². The molecule has 2 heterocycles. The van der Waals surface area contributed by atoms with Crippen molar-refractivity contribution in [2.24, 2.45) is 0 Å². The van der Waals surface area contributed by atoms with Gasteiger partial charge in [0.1, 0.15) is 11.4 Å². The number of fused-ring (bicyclic) bond motifs is 1. The third kappa shape index (κ3) is 2.22. The van der Waals surface area contributed by atoms with E-state index in [4.69, 9.17) is 0 Å². The van der Waals surface area contributed by atoms with Gasteiger partial charge in [-0.3, -0.25) is 19.3 Å². The SMILES string of the molecule is Cc1ccccc1C(=O)N(C=O)[C@@H]1C(=O)N2CC(C)(C)S[C@H]12. The van der Waals surface area contributed by atoms with Crippen LogP contribution in [0.5, 0.6) is 0 Å². The molecule has 0 unspecified atom stereocenters. The Bertz CT molecular complexity index is 659. The number of aryl methyl sites for hydroxylation is 1. The van der Waals surface area contributed by atoms with Gasteiger partial charge >= 0.3 is 0 Å². The highest BCUT2D eigenvalue weighted by atomic mass is 32.2. The number of carbonyl (C=O) groups excluding carboxylic acids is 3. The zero-order valence-electron chi connectivity index (χ0n) is 12.8. The molecule has 0 aliphatic carbocycles. The summed E-state index contributed by atoms with van der Waals surface area (Å²) >= 11 is 1.64. The van der Waals surface area contributed by atoms with E-state index in [1.165, 1.54) is 0 Å². The Labute approximate surface area is 133 Å². The lowest BCUT2D eigenvalue weighted by molar-refractivity contribution is -0.152. The van der Waals surface area contributed by atoms with Gasteiger partial charge in [0.05, 0.1) is 0 Å². The molecule has 116 valence electrons. The van der Waals surface area contributed by atoms with Crippen LogP contribution >= 0.6 is 11.8 Å². The molecule has 0 aromatic heterocycles. The number of hydrogen-bond donors (Lipinski definition) is 0. The molecule has 3 amide bonds. The van der Waals surface area contributed by atoms with Crippen LogP contribution in [-0.4, -0.2) is 50.7 Å². The van der Waals surface area contributed by atoms with Crippen molar-refractivity contribution in [1.29, 1.82) is 0 Å². The van der Waals surface area contributed by atoms with Crippen molar-refractivity contribution >= 4 is 30.0 Å². The topological polar surface area (TPSA) is 57.7 Å². The summed E-state index contributed by atoms with van der Waals surface area (Å²) < 4.78 is -0.0463. The summed E-state index contributed by atoms with van der Waals surface area (Å²) in [6.45, 7) is 6.60. The Hall–Kier alpha value is -1.82. The fourth-order valence-electron chi connectivity index (χ4n) is 3.02. The van der Waals surface area contributed by atoms with Crippen LogP contribution in [0, 0.1) is 6.92 Å². The summed E-state index contributed by atoms with van der Waals surface area (Å²) in [4.78, 5) is 39.2. The summed E-state index contributed by atoms with van der Waals surface area (Å²) in [5, 5.41) is -0.124. The summed E-state index contributed by atoms with van der Waals surface area (Å²) in [5.41, 5.74) is 1.26. The molecule has 2 aliphatic heterocycles. The van der Waals surface area contributed by atoms with Crippen molar-refractivity contribution in [3.05, 3.63) is 35.4 Å².